The van der Waals surface area contributed by atoms with Crippen LogP contribution in [0.4, 0.5) is 0 Å². The lowest BCUT2D eigenvalue weighted by atomic mass is 9.82. The summed E-state index contributed by atoms with van der Waals surface area (Å²) < 4.78 is 1.23. The lowest BCUT2D eigenvalue weighted by Crippen LogP contribution is -2.12. The molecular weight excluding hydrogens is 428 g/mol. The first-order valence-electron chi connectivity index (χ1n) is 10.7. The molecule has 0 fully saturated rings. The van der Waals surface area contributed by atoms with Crippen molar-refractivity contribution in [3.63, 3.8) is 0 Å². The molecule has 0 saturated carbocycles. The van der Waals surface area contributed by atoms with Gasteiger partial charge in [0.25, 0.3) is 0 Å². The maximum absolute atomic E-state index is 4.87. The summed E-state index contributed by atoms with van der Waals surface area (Å²) in [5.41, 5.74) is 4.90. The molecule has 6 rings (SSSR count). The van der Waals surface area contributed by atoms with Gasteiger partial charge in [0.2, 0.25) is 0 Å². The molecule has 0 radical (unpaired) electrons. The summed E-state index contributed by atoms with van der Waals surface area (Å²) in [6, 6.07) is 22.0. The van der Waals surface area contributed by atoms with Crippen molar-refractivity contribution >= 4 is 53.7 Å². The number of thiophene rings is 2. The first-order valence-corrected chi connectivity index (χ1v) is 12.4. The predicted molar refractivity (Wildman–Crippen MR) is 140 cm³/mol. The Kier molecular flexibility index (Phi) is 4.42. The lowest BCUT2D eigenvalue weighted by Gasteiger charge is -2.22. The maximum Gasteiger partial charge on any atom is 0.123 e. The standard InChI is InChI=1S/C28H22N2S2/c1-28(2,3)23-15-19(14-17-6-4-5-7-20(17)23)25-26-18(8-11-29-25)16-24(32-26)21-9-12-30-27-22(21)10-13-31-27/h4-16H,1-3H3. The van der Waals surface area contributed by atoms with E-state index in [4.69, 9.17) is 4.98 Å². The van der Waals surface area contributed by atoms with Crippen LogP contribution in [0.3, 0.4) is 0 Å². The Labute approximate surface area is 195 Å². The summed E-state index contributed by atoms with van der Waals surface area (Å²) in [5, 5.41) is 7.16. The third-order valence-corrected chi connectivity index (χ3v) is 8.02. The second kappa shape index (κ2) is 7.22. The van der Waals surface area contributed by atoms with E-state index in [1.54, 1.807) is 11.3 Å². The van der Waals surface area contributed by atoms with Crippen molar-refractivity contribution in [2.24, 2.45) is 0 Å². The second-order valence-corrected chi connectivity index (χ2v) is 11.1. The van der Waals surface area contributed by atoms with Gasteiger partial charge in [0.15, 0.2) is 0 Å². The summed E-state index contributed by atoms with van der Waals surface area (Å²) >= 11 is 3.51. The molecular formula is C28H22N2S2. The molecule has 2 aromatic carbocycles. The minimum Gasteiger partial charge on any atom is -0.255 e. The molecule has 156 valence electrons. The van der Waals surface area contributed by atoms with Crippen LogP contribution in [0.15, 0.2) is 78.4 Å². The zero-order valence-electron chi connectivity index (χ0n) is 18.2. The number of nitrogens with zero attached hydrogens (tertiary/aromatic N) is 2. The van der Waals surface area contributed by atoms with Gasteiger partial charge in [-0.25, -0.2) is 4.98 Å². The Hall–Kier alpha value is -3.08. The van der Waals surface area contributed by atoms with Gasteiger partial charge in [0.05, 0.1) is 10.4 Å². The van der Waals surface area contributed by atoms with Gasteiger partial charge < -0.3 is 0 Å². The quantitative estimate of drug-likeness (QED) is 0.264. The minimum absolute atomic E-state index is 0.0473. The van der Waals surface area contributed by atoms with Crippen molar-refractivity contribution in [1.29, 1.82) is 0 Å². The molecule has 4 heteroatoms. The van der Waals surface area contributed by atoms with Crippen LogP contribution >= 0.6 is 22.7 Å². The average Bonchev–Trinajstić information content (AvgIpc) is 3.44. The Morgan fingerprint density at radius 2 is 1.62 bits per heavy atom. The number of aromatic nitrogens is 2. The molecule has 4 heterocycles. The number of fused-ring (bicyclic) bond motifs is 3. The van der Waals surface area contributed by atoms with Crippen LogP contribution in [0.25, 0.3) is 52.8 Å². The van der Waals surface area contributed by atoms with Crippen LogP contribution in [0, 0.1) is 0 Å². The fraction of sp³-hybridized carbons (Fsp3) is 0.143. The Morgan fingerprint density at radius 1 is 0.781 bits per heavy atom. The average molecular weight is 451 g/mol. The van der Waals surface area contributed by atoms with Gasteiger partial charge in [0.1, 0.15) is 4.83 Å². The van der Waals surface area contributed by atoms with Crippen LogP contribution < -0.4 is 0 Å². The summed E-state index contributed by atoms with van der Waals surface area (Å²) in [6.07, 6.45) is 3.85. The van der Waals surface area contributed by atoms with Crippen LogP contribution in [0.2, 0.25) is 0 Å². The van der Waals surface area contributed by atoms with Crippen molar-refractivity contribution < 1.29 is 0 Å². The molecule has 0 aliphatic carbocycles. The zero-order valence-corrected chi connectivity index (χ0v) is 19.8. The molecule has 0 atom stereocenters. The molecule has 0 spiro atoms. The van der Waals surface area contributed by atoms with E-state index in [1.165, 1.54) is 47.8 Å². The number of hydrogen-bond acceptors (Lipinski definition) is 4. The van der Waals surface area contributed by atoms with Crippen molar-refractivity contribution in [3.05, 3.63) is 84.0 Å². The normalized spacial score (nSPS) is 12.2. The van der Waals surface area contributed by atoms with E-state index in [0.29, 0.717) is 0 Å². The van der Waals surface area contributed by atoms with E-state index in [0.717, 1.165) is 10.5 Å². The Bertz CT molecular complexity index is 1620. The lowest BCUT2D eigenvalue weighted by molar-refractivity contribution is 0.596. The van der Waals surface area contributed by atoms with Crippen molar-refractivity contribution in [2.45, 2.75) is 26.2 Å². The molecule has 0 unspecified atom stereocenters. The van der Waals surface area contributed by atoms with Gasteiger partial charge in [-0.15, -0.1) is 22.7 Å². The molecule has 6 aromatic rings. The highest BCUT2D eigenvalue weighted by atomic mass is 32.1. The van der Waals surface area contributed by atoms with Gasteiger partial charge in [-0.1, -0.05) is 45.0 Å². The number of rotatable bonds is 2. The SMILES string of the molecule is CC(C)(C)c1cc(-c2nccc3cc(-c4ccnc5sccc45)sc23)cc2ccccc12. The molecule has 0 amide bonds. The van der Waals surface area contributed by atoms with E-state index in [-0.39, 0.29) is 5.41 Å². The highest BCUT2D eigenvalue weighted by Crippen LogP contribution is 2.42. The molecule has 4 aromatic heterocycles. The summed E-state index contributed by atoms with van der Waals surface area (Å²) in [4.78, 5) is 11.7. The van der Waals surface area contributed by atoms with Crippen LogP contribution in [0.1, 0.15) is 26.3 Å². The summed E-state index contributed by atoms with van der Waals surface area (Å²) in [5.74, 6) is 0. The first-order chi connectivity index (χ1) is 15.5. The molecule has 0 bridgehead atoms. The molecule has 0 N–H and O–H groups in total. The third kappa shape index (κ3) is 3.14. The fourth-order valence-electron chi connectivity index (χ4n) is 4.46. The van der Waals surface area contributed by atoms with Crippen molar-refractivity contribution in [1.82, 2.24) is 9.97 Å². The summed E-state index contributed by atoms with van der Waals surface area (Å²) in [7, 11) is 0. The largest absolute Gasteiger partial charge is 0.255 e. The van der Waals surface area contributed by atoms with Crippen molar-refractivity contribution in [2.75, 3.05) is 0 Å². The minimum atomic E-state index is 0.0473. The highest BCUT2D eigenvalue weighted by molar-refractivity contribution is 7.23. The monoisotopic (exact) mass is 450 g/mol. The molecule has 0 aliphatic heterocycles. The van der Waals surface area contributed by atoms with Crippen LogP contribution in [0.5, 0.6) is 0 Å². The van der Waals surface area contributed by atoms with Crippen molar-refractivity contribution in [3.8, 4) is 21.7 Å². The Morgan fingerprint density at radius 3 is 2.50 bits per heavy atom. The fourth-order valence-corrected chi connectivity index (χ4v) is 6.43. The maximum atomic E-state index is 4.87. The van der Waals surface area contributed by atoms with Crippen LogP contribution in [-0.2, 0) is 5.41 Å². The van der Waals surface area contributed by atoms with Gasteiger partial charge >= 0.3 is 0 Å². The number of pyridine rings is 2. The molecule has 0 saturated heterocycles. The van der Waals surface area contributed by atoms with Gasteiger partial charge in [-0.3, -0.25) is 4.98 Å². The van der Waals surface area contributed by atoms with Crippen LogP contribution in [-0.4, -0.2) is 9.97 Å². The van der Waals surface area contributed by atoms with E-state index >= 15 is 0 Å². The summed E-state index contributed by atoms with van der Waals surface area (Å²) in [6.45, 7) is 6.85. The van der Waals surface area contributed by atoms with E-state index in [2.05, 4.69) is 91.8 Å². The van der Waals surface area contributed by atoms with E-state index in [1.807, 2.05) is 23.7 Å². The zero-order chi connectivity index (χ0) is 21.9. The number of hydrogen-bond donors (Lipinski definition) is 0. The Balaban J connectivity index is 1.60. The first kappa shape index (κ1) is 19.6. The van der Waals surface area contributed by atoms with Gasteiger partial charge in [0, 0.05) is 33.8 Å². The van der Waals surface area contributed by atoms with E-state index < -0.39 is 0 Å². The van der Waals surface area contributed by atoms with Gasteiger partial charge in [-0.05, 0) is 68.9 Å². The molecule has 2 nitrogen and oxygen atoms in total. The van der Waals surface area contributed by atoms with Gasteiger partial charge in [-0.2, -0.15) is 0 Å². The third-order valence-electron chi connectivity index (χ3n) is 6.01. The molecule has 32 heavy (non-hydrogen) atoms. The smallest absolute Gasteiger partial charge is 0.123 e. The number of benzene rings is 2. The second-order valence-electron chi connectivity index (χ2n) is 9.18. The topological polar surface area (TPSA) is 25.8 Å². The highest BCUT2D eigenvalue weighted by Gasteiger charge is 2.20. The van der Waals surface area contributed by atoms with E-state index in [9.17, 15) is 0 Å². The predicted octanol–water partition coefficient (Wildman–Crippen LogP) is 8.69. The molecule has 0 aliphatic rings.